The van der Waals surface area contributed by atoms with E-state index >= 15 is 0 Å². The smallest absolute Gasteiger partial charge is 0.0847 e. The molecule has 0 bridgehead atoms. The Morgan fingerprint density at radius 1 is 1.46 bits per heavy atom. The highest BCUT2D eigenvalue weighted by atomic mass is 79.9. The minimum Gasteiger partial charge on any atom is -0.398 e. The van der Waals surface area contributed by atoms with Crippen LogP contribution in [-0.2, 0) is 0 Å². The highest BCUT2D eigenvalue weighted by Crippen LogP contribution is 2.42. The Kier molecular flexibility index (Phi) is 2.53. The number of nitrogens with two attached hydrogens (primary N) is 1. The number of anilines is 1. The molecule has 0 amide bonds. The van der Waals surface area contributed by atoms with E-state index < -0.39 is 0 Å². The Balaban J connectivity index is 2.86. The van der Waals surface area contributed by atoms with E-state index in [0.717, 1.165) is 5.69 Å². The number of benzene rings is 1. The first-order valence-corrected chi connectivity index (χ1v) is 6.58. The van der Waals surface area contributed by atoms with Gasteiger partial charge in [-0.2, -0.15) is 0 Å². The molecule has 1 heterocycles. The van der Waals surface area contributed by atoms with Crippen LogP contribution in [0.1, 0.15) is 0 Å². The van der Waals surface area contributed by atoms with Crippen LogP contribution in [0.25, 0.3) is 10.1 Å². The summed E-state index contributed by atoms with van der Waals surface area (Å²) in [5.74, 6) is 0. The Morgan fingerprint density at radius 3 is 2.92 bits per heavy atom. The Labute approximate surface area is 93.4 Å². The Hall–Kier alpha value is -0.190. The third-order valence-corrected chi connectivity index (χ3v) is 5.01. The first-order chi connectivity index (χ1) is 6.24. The average molecular weight is 274 g/mol. The van der Waals surface area contributed by atoms with Crippen LogP contribution in [0.15, 0.2) is 26.9 Å². The summed E-state index contributed by atoms with van der Waals surface area (Å²) in [7, 11) is 0. The predicted molar refractivity (Wildman–Crippen MR) is 65.7 cm³/mol. The molecule has 0 saturated carbocycles. The van der Waals surface area contributed by atoms with Crippen LogP contribution in [0.2, 0.25) is 0 Å². The zero-order valence-corrected chi connectivity index (χ0v) is 10.2. The van der Waals surface area contributed by atoms with Crippen molar-refractivity contribution in [2.75, 3.05) is 12.0 Å². The van der Waals surface area contributed by atoms with Gasteiger partial charge in [0, 0.05) is 16.0 Å². The van der Waals surface area contributed by atoms with E-state index in [2.05, 4.69) is 28.3 Å². The maximum atomic E-state index is 5.87. The SMILES string of the molecule is CSc1c(Br)sc2c(N)cccc12. The van der Waals surface area contributed by atoms with Gasteiger partial charge in [-0.05, 0) is 28.3 Å². The Bertz CT molecular complexity index is 450. The topological polar surface area (TPSA) is 26.0 Å². The first kappa shape index (κ1) is 9.37. The van der Waals surface area contributed by atoms with Crippen LogP contribution in [0.5, 0.6) is 0 Å². The summed E-state index contributed by atoms with van der Waals surface area (Å²) in [6.07, 6.45) is 2.08. The summed E-state index contributed by atoms with van der Waals surface area (Å²) in [5.41, 5.74) is 6.74. The third kappa shape index (κ3) is 1.47. The molecule has 0 spiro atoms. The maximum Gasteiger partial charge on any atom is 0.0847 e. The average Bonchev–Trinajstić information content (AvgIpc) is 2.43. The standard InChI is InChI=1S/C9H8BrNS2/c1-12-8-5-3-2-4-6(11)7(5)13-9(8)10/h2-4H,11H2,1H3. The summed E-state index contributed by atoms with van der Waals surface area (Å²) in [4.78, 5) is 1.28. The number of rotatable bonds is 1. The molecule has 0 saturated heterocycles. The van der Waals surface area contributed by atoms with Crippen molar-refractivity contribution in [3.63, 3.8) is 0 Å². The zero-order chi connectivity index (χ0) is 9.42. The lowest BCUT2D eigenvalue weighted by Gasteiger charge is -1.95. The normalized spacial score (nSPS) is 10.9. The fourth-order valence-corrected chi connectivity index (χ4v) is 4.30. The molecule has 1 aromatic carbocycles. The van der Waals surface area contributed by atoms with E-state index in [1.54, 1.807) is 23.1 Å². The summed E-state index contributed by atoms with van der Waals surface area (Å²) in [6.45, 7) is 0. The van der Waals surface area contributed by atoms with Crippen molar-refractivity contribution in [3.8, 4) is 0 Å². The monoisotopic (exact) mass is 273 g/mol. The summed E-state index contributed by atoms with van der Waals surface area (Å²) in [5, 5.41) is 1.25. The van der Waals surface area contributed by atoms with Gasteiger partial charge >= 0.3 is 0 Å². The van der Waals surface area contributed by atoms with E-state index in [9.17, 15) is 0 Å². The van der Waals surface area contributed by atoms with E-state index in [-0.39, 0.29) is 0 Å². The van der Waals surface area contributed by atoms with Crippen LogP contribution >= 0.6 is 39.0 Å². The number of halogens is 1. The zero-order valence-electron chi connectivity index (χ0n) is 7.00. The van der Waals surface area contributed by atoms with Crippen molar-refractivity contribution in [3.05, 3.63) is 22.0 Å². The molecule has 1 nitrogen and oxygen atoms in total. The lowest BCUT2D eigenvalue weighted by molar-refractivity contribution is 1.61. The lowest BCUT2D eigenvalue weighted by Crippen LogP contribution is -1.82. The van der Waals surface area contributed by atoms with Crippen LogP contribution in [0.3, 0.4) is 0 Å². The van der Waals surface area contributed by atoms with E-state index in [0.29, 0.717) is 0 Å². The predicted octanol–water partition coefficient (Wildman–Crippen LogP) is 3.97. The van der Waals surface area contributed by atoms with Gasteiger partial charge in [0.05, 0.1) is 8.49 Å². The molecule has 0 aliphatic heterocycles. The number of fused-ring (bicyclic) bond motifs is 1. The van der Waals surface area contributed by atoms with Gasteiger partial charge in [0.1, 0.15) is 0 Å². The van der Waals surface area contributed by atoms with Gasteiger partial charge in [-0.3, -0.25) is 0 Å². The summed E-state index contributed by atoms with van der Waals surface area (Å²) in [6, 6.07) is 6.05. The minimum atomic E-state index is 0.864. The second kappa shape index (κ2) is 3.52. The Morgan fingerprint density at radius 2 is 2.23 bits per heavy atom. The molecule has 2 aromatic rings. The molecule has 68 valence electrons. The van der Waals surface area contributed by atoms with Gasteiger partial charge in [-0.25, -0.2) is 0 Å². The third-order valence-electron chi connectivity index (χ3n) is 1.86. The number of hydrogen-bond acceptors (Lipinski definition) is 3. The maximum absolute atomic E-state index is 5.87. The quantitative estimate of drug-likeness (QED) is 0.629. The van der Waals surface area contributed by atoms with Gasteiger partial charge < -0.3 is 5.73 Å². The van der Waals surface area contributed by atoms with Crippen molar-refractivity contribution >= 4 is 54.8 Å². The minimum absolute atomic E-state index is 0.864. The van der Waals surface area contributed by atoms with Gasteiger partial charge in [-0.1, -0.05) is 12.1 Å². The second-order valence-electron chi connectivity index (χ2n) is 2.63. The lowest BCUT2D eigenvalue weighted by atomic mass is 10.2. The van der Waals surface area contributed by atoms with Crippen LogP contribution in [0, 0.1) is 0 Å². The van der Waals surface area contributed by atoms with Crippen LogP contribution in [0.4, 0.5) is 5.69 Å². The summed E-state index contributed by atoms with van der Waals surface area (Å²) < 4.78 is 2.35. The largest absolute Gasteiger partial charge is 0.398 e. The molecule has 0 atom stereocenters. The van der Waals surface area contributed by atoms with E-state index in [1.165, 1.54) is 18.8 Å². The molecule has 13 heavy (non-hydrogen) atoms. The van der Waals surface area contributed by atoms with E-state index in [4.69, 9.17) is 5.73 Å². The van der Waals surface area contributed by atoms with Crippen LogP contribution in [-0.4, -0.2) is 6.26 Å². The number of hydrogen-bond donors (Lipinski definition) is 1. The molecule has 4 heteroatoms. The van der Waals surface area contributed by atoms with Gasteiger partial charge in [-0.15, -0.1) is 23.1 Å². The fourth-order valence-electron chi connectivity index (χ4n) is 1.28. The molecule has 2 rings (SSSR count). The van der Waals surface area contributed by atoms with Crippen molar-refractivity contribution in [2.24, 2.45) is 0 Å². The van der Waals surface area contributed by atoms with Crippen molar-refractivity contribution in [1.82, 2.24) is 0 Å². The number of thiophene rings is 1. The van der Waals surface area contributed by atoms with Crippen molar-refractivity contribution in [2.45, 2.75) is 4.90 Å². The highest BCUT2D eigenvalue weighted by molar-refractivity contribution is 9.11. The van der Waals surface area contributed by atoms with Gasteiger partial charge in [0.2, 0.25) is 0 Å². The van der Waals surface area contributed by atoms with E-state index in [1.807, 2.05) is 12.1 Å². The fraction of sp³-hybridized carbons (Fsp3) is 0.111. The van der Waals surface area contributed by atoms with Crippen LogP contribution < -0.4 is 5.73 Å². The highest BCUT2D eigenvalue weighted by Gasteiger charge is 2.10. The molecular weight excluding hydrogens is 266 g/mol. The molecule has 0 aliphatic carbocycles. The van der Waals surface area contributed by atoms with Crippen molar-refractivity contribution < 1.29 is 0 Å². The number of thioether (sulfide) groups is 1. The number of nitrogen functional groups attached to an aromatic ring is 1. The summed E-state index contributed by atoms with van der Waals surface area (Å²) >= 11 is 7.00. The molecule has 0 radical (unpaired) electrons. The molecule has 0 aliphatic rings. The molecule has 0 fully saturated rings. The van der Waals surface area contributed by atoms with Crippen molar-refractivity contribution in [1.29, 1.82) is 0 Å². The second-order valence-corrected chi connectivity index (χ2v) is 5.79. The molecule has 1 aromatic heterocycles. The van der Waals surface area contributed by atoms with Gasteiger partial charge in [0.15, 0.2) is 0 Å². The first-order valence-electron chi connectivity index (χ1n) is 3.74. The molecular formula is C9H8BrNS2. The van der Waals surface area contributed by atoms with Gasteiger partial charge in [0.25, 0.3) is 0 Å². The molecule has 2 N–H and O–H groups in total. The molecule has 0 unspecified atom stereocenters.